The van der Waals surface area contributed by atoms with Crippen molar-refractivity contribution in [2.75, 3.05) is 7.11 Å². The molecule has 0 radical (unpaired) electrons. The molecule has 0 spiro atoms. The number of epoxide rings is 1. The van der Waals surface area contributed by atoms with E-state index in [9.17, 15) is 0 Å². The maximum atomic E-state index is 5.55. The Labute approximate surface area is 77.5 Å². The van der Waals surface area contributed by atoms with E-state index >= 15 is 0 Å². The first kappa shape index (κ1) is 7.39. The molecule has 0 aromatic heterocycles. The molecule has 68 valence electrons. The van der Waals surface area contributed by atoms with Crippen molar-refractivity contribution in [3.05, 3.63) is 29.3 Å². The molecule has 1 aliphatic carbocycles. The predicted octanol–water partition coefficient (Wildman–Crippen LogP) is 2.08. The quantitative estimate of drug-likeness (QED) is 0.611. The van der Waals surface area contributed by atoms with Crippen molar-refractivity contribution in [1.29, 1.82) is 0 Å². The van der Waals surface area contributed by atoms with Crippen LogP contribution < -0.4 is 4.74 Å². The minimum atomic E-state index is 0.374. The largest absolute Gasteiger partial charge is 0.497 e. The Hall–Kier alpha value is -1.02. The van der Waals surface area contributed by atoms with Crippen molar-refractivity contribution in [3.63, 3.8) is 0 Å². The molecule has 1 aromatic rings. The topological polar surface area (TPSA) is 21.8 Å². The SMILES string of the molecule is COc1ccc2c(c1)[C@@H]1O[C@H]1CC2. The third-order valence-electron chi connectivity index (χ3n) is 2.94. The van der Waals surface area contributed by atoms with Gasteiger partial charge in [0.2, 0.25) is 0 Å². The average molecular weight is 176 g/mol. The first-order valence-corrected chi connectivity index (χ1v) is 4.71. The number of aryl methyl sites for hydroxylation is 1. The summed E-state index contributed by atoms with van der Waals surface area (Å²) in [7, 11) is 1.70. The number of fused-ring (bicyclic) bond motifs is 3. The van der Waals surface area contributed by atoms with Crippen LogP contribution in [0, 0.1) is 0 Å². The Morgan fingerprint density at radius 1 is 1.46 bits per heavy atom. The summed E-state index contributed by atoms with van der Waals surface area (Å²) in [5.74, 6) is 0.940. The van der Waals surface area contributed by atoms with Crippen LogP contribution in [-0.4, -0.2) is 13.2 Å². The normalized spacial score (nSPS) is 29.0. The van der Waals surface area contributed by atoms with Crippen LogP contribution in [0.15, 0.2) is 18.2 Å². The number of rotatable bonds is 1. The molecule has 3 rings (SSSR count). The van der Waals surface area contributed by atoms with Crippen molar-refractivity contribution < 1.29 is 9.47 Å². The Morgan fingerprint density at radius 3 is 3.23 bits per heavy atom. The number of hydrogen-bond acceptors (Lipinski definition) is 2. The lowest BCUT2D eigenvalue weighted by molar-refractivity contribution is 0.372. The predicted molar refractivity (Wildman–Crippen MR) is 48.9 cm³/mol. The number of hydrogen-bond donors (Lipinski definition) is 0. The van der Waals surface area contributed by atoms with Crippen molar-refractivity contribution >= 4 is 0 Å². The second kappa shape index (κ2) is 2.48. The Balaban J connectivity index is 2.06. The van der Waals surface area contributed by atoms with Crippen LogP contribution in [0.4, 0.5) is 0 Å². The van der Waals surface area contributed by atoms with Gasteiger partial charge in [0, 0.05) is 0 Å². The van der Waals surface area contributed by atoms with Gasteiger partial charge in [-0.1, -0.05) is 6.07 Å². The zero-order valence-corrected chi connectivity index (χ0v) is 7.62. The second-order valence-electron chi connectivity index (χ2n) is 3.70. The third kappa shape index (κ3) is 1.05. The maximum Gasteiger partial charge on any atom is 0.119 e. The van der Waals surface area contributed by atoms with E-state index in [4.69, 9.17) is 9.47 Å². The Morgan fingerprint density at radius 2 is 2.38 bits per heavy atom. The van der Waals surface area contributed by atoms with Crippen LogP contribution in [0.25, 0.3) is 0 Å². The molecule has 0 N–H and O–H groups in total. The van der Waals surface area contributed by atoms with Crippen molar-refractivity contribution in [2.24, 2.45) is 0 Å². The zero-order valence-electron chi connectivity index (χ0n) is 7.62. The molecule has 1 heterocycles. The van der Waals surface area contributed by atoms with Gasteiger partial charge in [0.1, 0.15) is 11.9 Å². The maximum absolute atomic E-state index is 5.55. The van der Waals surface area contributed by atoms with Gasteiger partial charge in [0.25, 0.3) is 0 Å². The molecule has 0 saturated carbocycles. The van der Waals surface area contributed by atoms with Crippen LogP contribution >= 0.6 is 0 Å². The molecule has 2 heteroatoms. The molecule has 2 atom stereocenters. The highest BCUT2D eigenvalue weighted by molar-refractivity contribution is 5.41. The van der Waals surface area contributed by atoms with Gasteiger partial charge in [0.05, 0.1) is 13.2 Å². The molecular weight excluding hydrogens is 164 g/mol. The fourth-order valence-corrected chi connectivity index (χ4v) is 2.13. The van der Waals surface area contributed by atoms with Crippen LogP contribution in [0.2, 0.25) is 0 Å². The zero-order chi connectivity index (χ0) is 8.84. The first-order valence-electron chi connectivity index (χ1n) is 4.71. The van der Waals surface area contributed by atoms with Crippen molar-refractivity contribution in [3.8, 4) is 5.75 Å². The molecule has 2 nitrogen and oxygen atoms in total. The van der Waals surface area contributed by atoms with E-state index < -0.39 is 0 Å². The fraction of sp³-hybridized carbons (Fsp3) is 0.455. The van der Waals surface area contributed by atoms with Gasteiger partial charge in [-0.2, -0.15) is 0 Å². The number of ether oxygens (including phenoxy) is 2. The third-order valence-corrected chi connectivity index (χ3v) is 2.94. The molecule has 0 unspecified atom stereocenters. The lowest BCUT2D eigenvalue weighted by Gasteiger charge is -2.12. The lowest BCUT2D eigenvalue weighted by atomic mass is 9.92. The minimum absolute atomic E-state index is 0.374. The monoisotopic (exact) mass is 176 g/mol. The summed E-state index contributed by atoms with van der Waals surface area (Å²) in [5, 5.41) is 0. The second-order valence-corrected chi connectivity index (χ2v) is 3.70. The summed E-state index contributed by atoms with van der Waals surface area (Å²) in [6.45, 7) is 0. The van der Waals surface area contributed by atoms with E-state index in [0.717, 1.165) is 12.2 Å². The highest BCUT2D eigenvalue weighted by Crippen LogP contribution is 2.47. The van der Waals surface area contributed by atoms with Gasteiger partial charge in [-0.3, -0.25) is 0 Å². The molecule has 1 aromatic carbocycles. The van der Waals surface area contributed by atoms with E-state index in [1.807, 2.05) is 6.07 Å². The van der Waals surface area contributed by atoms with E-state index in [2.05, 4.69) is 12.1 Å². The summed E-state index contributed by atoms with van der Waals surface area (Å²) in [6, 6.07) is 6.30. The molecule has 1 aliphatic heterocycles. The average Bonchev–Trinajstić information content (AvgIpc) is 2.96. The standard InChI is InChI=1S/C11H12O2/c1-12-8-4-2-7-3-5-10-11(13-10)9(7)6-8/h2,4,6,10-11H,3,5H2,1H3/t10-,11-/m0/s1. The van der Waals surface area contributed by atoms with E-state index in [1.54, 1.807) is 7.11 Å². The van der Waals surface area contributed by atoms with Gasteiger partial charge in [-0.25, -0.2) is 0 Å². The molecular formula is C11H12O2. The van der Waals surface area contributed by atoms with Crippen LogP contribution in [0.3, 0.4) is 0 Å². The summed E-state index contributed by atoms with van der Waals surface area (Å²) in [4.78, 5) is 0. The van der Waals surface area contributed by atoms with E-state index in [1.165, 1.54) is 17.5 Å². The highest BCUT2D eigenvalue weighted by atomic mass is 16.6. The molecule has 1 saturated heterocycles. The van der Waals surface area contributed by atoms with Gasteiger partial charge in [0.15, 0.2) is 0 Å². The smallest absolute Gasteiger partial charge is 0.119 e. The minimum Gasteiger partial charge on any atom is -0.497 e. The van der Waals surface area contributed by atoms with Gasteiger partial charge >= 0.3 is 0 Å². The Bertz CT molecular complexity index is 346. The van der Waals surface area contributed by atoms with Crippen molar-refractivity contribution in [2.45, 2.75) is 25.0 Å². The highest BCUT2D eigenvalue weighted by Gasteiger charge is 2.43. The molecule has 1 fully saturated rings. The summed E-state index contributed by atoms with van der Waals surface area (Å²) < 4.78 is 10.7. The van der Waals surface area contributed by atoms with Crippen LogP contribution in [0.1, 0.15) is 23.7 Å². The number of benzene rings is 1. The summed E-state index contributed by atoms with van der Waals surface area (Å²) in [5.41, 5.74) is 2.77. The molecule has 0 amide bonds. The van der Waals surface area contributed by atoms with Crippen LogP contribution in [0.5, 0.6) is 5.75 Å². The van der Waals surface area contributed by atoms with Gasteiger partial charge in [-0.15, -0.1) is 0 Å². The van der Waals surface area contributed by atoms with Crippen molar-refractivity contribution in [1.82, 2.24) is 0 Å². The lowest BCUT2D eigenvalue weighted by Crippen LogP contribution is -2.04. The van der Waals surface area contributed by atoms with E-state index in [0.29, 0.717) is 12.2 Å². The fourth-order valence-electron chi connectivity index (χ4n) is 2.13. The molecule has 0 bridgehead atoms. The number of methoxy groups -OCH3 is 1. The van der Waals surface area contributed by atoms with Crippen LogP contribution in [-0.2, 0) is 11.2 Å². The molecule has 2 aliphatic rings. The van der Waals surface area contributed by atoms with E-state index in [-0.39, 0.29) is 0 Å². The van der Waals surface area contributed by atoms with Gasteiger partial charge < -0.3 is 9.47 Å². The van der Waals surface area contributed by atoms with Gasteiger partial charge in [-0.05, 0) is 36.1 Å². The molecule has 13 heavy (non-hydrogen) atoms. The summed E-state index contributed by atoms with van der Waals surface area (Å²) >= 11 is 0. The first-order chi connectivity index (χ1) is 6.38. The summed E-state index contributed by atoms with van der Waals surface area (Å²) in [6.07, 6.45) is 3.21. The Kier molecular flexibility index (Phi) is 1.41.